The number of fused-ring (bicyclic) bond motifs is 5. The molecule has 0 aliphatic heterocycles. The third-order valence-corrected chi connectivity index (χ3v) is 10.8. The standard InChI is InChI=1S/C24H33BrO6/c1-12-9-16-14-5-6-15-21(25)17(27)7-8-22(15,3)20(14)18(28)10-23(16,4)24(12,30)19(29)11-31-13(2)26/h12,14-16,20-21,30H,5-11H2,1-4H3/t12-,14-,15+,16-,20+,21+,22-,23-,24-/m0/s1. The Morgan fingerprint density at radius 3 is 2.48 bits per heavy atom. The molecule has 4 fully saturated rings. The van der Waals surface area contributed by atoms with Gasteiger partial charge in [-0.25, -0.2) is 0 Å². The molecule has 0 bridgehead atoms. The lowest BCUT2D eigenvalue weighted by atomic mass is 9.44. The molecule has 0 aromatic rings. The van der Waals surface area contributed by atoms with Gasteiger partial charge in [0.2, 0.25) is 5.78 Å². The van der Waals surface area contributed by atoms with Crippen molar-refractivity contribution in [2.24, 2.45) is 40.4 Å². The van der Waals surface area contributed by atoms with E-state index in [1.54, 1.807) is 0 Å². The number of carbonyl (C=O) groups is 4. The molecule has 4 aliphatic rings. The molecule has 4 saturated carbocycles. The number of hydrogen-bond acceptors (Lipinski definition) is 6. The minimum atomic E-state index is -1.69. The Morgan fingerprint density at radius 2 is 1.84 bits per heavy atom. The zero-order chi connectivity index (χ0) is 22.9. The lowest BCUT2D eigenvalue weighted by molar-refractivity contribution is -0.183. The van der Waals surface area contributed by atoms with Crippen molar-refractivity contribution in [3.63, 3.8) is 0 Å². The smallest absolute Gasteiger partial charge is 0.303 e. The summed E-state index contributed by atoms with van der Waals surface area (Å²) in [6.45, 7) is 6.70. The summed E-state index contributed by atoms with van der Waals surface area (Å²) in [6, 6.07) is 0. The van der Waals surface area contributed by atoms with Crippen molar-refractivity contribution in [1.82, 2.24) is 0 Å². The van der Waals surface area contributed by atoms with Gasteiger partial charge in [-0.3, -0.25) is 19.2 Å². The highest BCUT2D eigenvalue weighted by Gasteiger charge is 2.71. The van der Waals surface area contributed by atoms with E-state index in [4.69, 9.17) is 4.74 Å². The number of ether oxygens (including phenoxy) is 1. The number of carbonyl (C=O) groups excluding carboxylic acids is 4. The van der Waals surface area contributed by atoms with E-state index in [-0.39, 0.29) is 57.8 Å². The van der Waals surface area contributed by atoms with E-state index >= 15 is 0 Å². The third-order valence-electron chi connectivity index (χ3n) is 9.61. The average Bonchev–Trinajstić information content (AvgIpc) is 2.90. The van der Waals surface area contributed by atoms with Gasteiger partial charge in [0.1, 0.15) is 17.2 Å². The Hall–Kier alpha value is -1.08. The Bertz CT molecular complexity index is 840. The molecule has 31 heavy (non-hydrogen) atoms. The van der Waals surface area contributed by atoms with Gasteiger partial charge in [0.15, 0.2) is 6.61 Å². The zero-order valence-electron chi connectivity index (χ0n) is 18.8. The van der Waals surface area contributed by atoms with Crippen LogP contribution in [0.4, 0.5) is 0 Å². The highest BCUT2D eigenvalue weighted by atomic mass is 79.9. The number of Topliss-reactive ketones (excluding diaryl/α,β-unsaturated/α-hetero) is 3. The molecule has 0 aromatic carbocycles. The van der Waals surface area contributed by atoms with Crippen LogP contribution in [0.25, 0.3) is 0 Å². The fourth-order valence-corrected chi connectivity index (χ4v) is 9.21. The van der Waals surface area contributed by atoms with E-state index in [0.29, 0.717) is 12.8 Å². The first-order valence-corrected chi connectivity index (χ1v) is 12.4. The average molecular weight is 497 g/mol. The first-order valence-electron chi connectivity index (χ1n) is 11.5. The molecular weight excluding hydrogens is 464 g/mol. The summed E-state index contributed by atoms with van der Waals surface area (Å²) in [4.78, 5) is 50.2. The summed E-state index contributed by atoms with van der Waals surface area (Å²) in [5.41, 5.74) is -2.80. The van der Waals surface area contributed by atoms with Crippen LogP contribution in [0.1, 0.15) is 66.2 Å². The van der Waals surface area contributed by atoms with Gasteiger partial charge < -0.3 is 9.84 Å². The van der Waals surface area contributed by atoms with Crippen molar-refractivity contribution in [2.45, 2.75) is 76.6 Å². The maximum atomic E-state index is 13.7. The van der Waals surface area contributed by atoms with E-state index in [9.17, 15) is 24.3 Å². The van der Waals surface area contributed by atoms with Crippen molar-refractivity contribution in [1.29, 1.82) is 0 Å². The summed E-state index contributed by atoms with van der Waals surface area (Å²) in [6.07, 6.45) is 3.72. The van der Waals surface area contributed by atoms with Crippen molar-refractivity contribution >= 4 is 39.2 Å². The molecular formula is C24H33BrO6. The molecule has 1 N–H and O–H groups in total. The quantitative estimate of drug-likeness (QED) is 0.475. The summed E-state index contributed by atoms with van der Waals surface area (Å²) >= 11 is 3.62. The van der Waals surface area contributed by atoms with Crippen molar-refractivity contribution in [2.75, 3.05) is 6.61 Å². The van der Waals surface area contributed by atoms with Gasteiger partial charge in [-0.2, -0.15) is 0 Å². The third kappa shape index (κ3) is 3.05. The van der Waals surface area contributed by atoms with Crippen LogP contribution in [-0.4, -0.2) is 45.5 Å². The SMILES string of the molecule is CC(=O)OCC(=O)[C@@]1(O)[C@@H](C)C[C@H]2[C@@H]3CC[C@@H]4[C@@H](Br)C(=O)CC[C@]4(C)[C@H]3C(=O)C[C@@]21C. The van der Waals surface area contributed by atoms with Crippen molar-refractivity contribution in [3.8, 4) is 0 Å². The van der Waals surface area contributed by atoms with Crippen LogP contribution in [0.2, 0.25) is 0 Å². The first-order chi connectivity index (χ1) is 14.4. The van der Waals surface area contributed by atoms with Gasteiger partial charge in [0.05, 0.1) is 4.83 Å². The van der Waals surface area contributed by atoms with Crippen LogP contribution >= 0.6 is 15.9 Å². The van der Waals surface area contributed by atoms with E-state index in [2.05, 4.69) is 22.9 Å². The molecule has 0 heterocycles. The van der Waals surface area contributed by atoms with Gasteiger partial charge >= 0.3 is 5.97 Å². The molecule has 0 amide bonds. The minimum Gasteiger partial charge on any atom is -0.458 e. The molecule has 4 rings (SSSR count). The van der Waals surface area contributed by atoms with Crippen molar-refractivity contribution in [3.05, 3.63) is 0 Å². The van der Waals surface area contributed by atoms with E-state index < -0.39 is 29.4 Å². The molecule has 0 aromatic heterocycles. The van der Waals surface area contributed by atoms with Gasteiger partial charge in [0, 0.05) is 31.1 Å². The largest absolute Gasteiger partial charge is 0.458 e. The summed E-state index contributed by atoms with van der Waals surface area (Å²) < 4.78 is 4.93. The monoisotopic (exact) mass is 496 g/mol. The molecule has 172 valence electrons. The van der Waals surface area contributed by atoms with Crippen molar-refractivity contribution < 1.29 is 29.0 Å². The van der Waals surface area contributed by atoms with Crippen LogP contribution in [0.15, 0.2) is 0 Å². The Labute approximate surface area is 192 Å². The lowest BCUT2D eigenvalue weighted by Gasteiger charge is -2.60. The molecule has 4 aliphatic carbocycles. The number of halogens is 1. The predicted molar refractivity (Wildman–Crippen MR) is 116 cm³/mol. The maximum absolute atomic E-state index is 13.7. The number of esters is 1. The first kappa shape index (κ1) is 23.1. The minimum absolute atomic E-state index is 0.0423. The lowest BCUT2D eigenvalue weighted by Crippen LogP contribution is -2.64. The molecule has 9 atom stereocenters. The van der Waals surface area contributed by atoms with E-state index in [1.165, 1.54) is 6.92 Å². The second-order valence-electron chi connectivity index (χ2n) is 11.0. The topological polar surface area (TPSA) is 97.7 Å². The number of rotatable bonds is 3. The fraction of sp³-hybridized carbons (Fsp3) is 0.833. The van der Waals surface area contributed by atoms with Gasteiger partial charge in [-0.15, -0.1) is 0 Å². The Morgan fingerprint density at radius 1 is 1.16 bits per heavy atom. The van der Waals surface area contributed by atoms with Crippen LogP contribution in [-0.2, 0) is 23.9 Å². The van der Waals surface area contributed by atoms with Crippen LogP contribution < -0.4 is 0 Å². The maximum Gasteiger partial charge on any atom is 0.303 e. The molecule has 6 nitrogen and oxygen atoms in total. The van der Waals surface area contributed by atoms with Crippen LogP contribution in [0.5, 0.6) is 0 Å². The summed E-state index contributed by atoms with van der Waals surface area (Å²) in [7, 11) is 0. The zero-order valence-corrected chi connectivity index (χ0v) is 20.4. The van der Waals surface area contributed by atoms with Gasteiger partial charge in [-0.1, -0.05) is 36.7 Å². The number of aliphatic hydroxyl groups is 1. The normalized spacial score (nSPS) is 49.1. The van der Waals surface area contributed by atoms with Crippen LogP contribution in [0.3, 0.4) is 0 Å². The number of ketones is 3. The number of hydrogen-bond donors (Lipinski definition) is 1. The summed E-state index contributed by atoms with van der Waals surface area (Å²) in [5.74, 6) is -0.908. The van der Waals surface area contributed by atoms with Crippen LogP contribution in [0, 0.1) is 40.4 Å². The highest BCUT2D eigenvalue weighted by molar-refractivity contribution is 9.10. The molecule has 0 spiro atoms. The van der Waals surface area contributed by atoms with Gasteiger partial charge in [-0.05, 0) is 54.8 Å². The van der Waals surface area contributed by atoms with E-state index in [1.807, 2.05) is 13.8 Å². The molecule has 0 saturated heterocycles. The Kier molecular flexibility index (Phi) is 5.57. The molecule has 7 heteroatoms. The molecule has 0 radical (unpaired) electrons. The van der Waals surface area contributed by atoms with E-state index in [0.717, 1.165) is 19.3 Å². The second kappa shape index (κ2) is 7.47. The Balaban J connectivity index is 1.69. The number of alkyl halides is 1. The van der Waals surface area contributed by atoms with Gasteiger partial charge in [0.25, 0.3) is 0 Å². The summed E-state index contributed by atoms with van der Waals surface area (Å²) in [5, 5.41) is 11.7. The predicted octanol–water partition coefficient (Wildman–Crippen LogP) is 3.26. The highest BCUT2D eigenvalue weighted by Crippen LogP contribution is 2.68. The fourth-order valence-electron chi connectivity index (χ4n) is 8.12. The second-order valence-corrected chi connectivity index (χ2v) is 12.0. The molecule has 0 unspecified atom stereocenters.